The molecule has 1 saturated carbocycles. The Morgan fingerprint density at radius 3 is 2.31 bits per heavy atom. The van der Waals surface area contributed by atoms with Gasteiger partial charge in [-0.15, -0.1) is 10.2 Å². The first-order chi connectivity index (χ1) is 14.2. The number of hydrogen-bond acceptors (Lipinski definition) is 5. The molecule has 1 aromatic heterocycles. The van der Waals surface area contributed by atoms with Crippen molar-refractivity contribution in [2.24, 2.45) is 5.92 Å². The standard InChI is InChI=1S/C23H30N4O2/c1-2-29-20-10-8-18(9-11-20)21-12-13-22(25-24-21)26-14-16-27(17-15-26)23(28)19-6-4-3-5-7-19/h8-13,19H,2-7,14-17H2,1H3. The van der Waals surface area contributed by atoms with Crippen LogP contribution < -0.4 is 9.64 Å². The Morgan fingerprint density at radius 2 is 1.69 bits per heavy atom. The number of amides is 1. The largest absolute Gasteiger partial charge is 0.494 e. The third kappa shape index (κ3) is 4.69. The van der Waals surface area contributed by atoms with Gasteiger partial charge in [-0.25, -0.2) is 0 Å². The van der Waals surface area contributed by atoms with Gasteiger partial charge in [0, 0.05) is 37.7 Å². The molecule has 6 heteroatoms. The maximum Gasteiger partial charge on any atom is 0.225 e. The van der Waals surface area contributed by atoms with Crippen molar-refractivity contribution >= 4 is 11.7 Å². The summed E-state index contributed by atoms with van der Waals surface area (Å²) in [5, 5.41) is 8.85. The number of piperazine rings is 1. The number of carbonyl (C=O) groups is 1. The van der Waals surface area contributed by atoms with Gasteiger partial charge in [-0.2, -0.15) is 0 Å². The highest BCUT2D eigenvalue weighted by Crippen LogP contribution is 2.26. The van der Waals surface area contributed by atoms with Crippen molar-refractivity contribution in [3.63, 3.8) is 0 Å². The number of anilines is 1. The highest BCUT2D eigenvalue weighted by Gasteiger charge is 2.28. The molecule has 1 aliphatic heterocycles. The summed E-state index contributed by atoms with van der Waals surface area (Å²) in [4.78, 5) is 17.0. The Labute approximate surface area is 172 Å². The first-order valence-electron chi connectivity index (χ1n) is 10.9. The van der Waals surface area contributed by atoms with Crippen LogP contribution in [0.15, 0.2) is 36.4 Å². The second-order valence-electron chi connectivity index (χ2n) is 7.88. The fraction of sp³-hybridized carbons (Fsp3) is 0.522. The molecule has 2 aromatic rings. The molecule has 0 bridgehead atoms. The molecule has 1 aliphatic carbocycles. The quantitative estimate of drug-likeness (QED) is 0.773. The van der Waals surface area contributed by atoms with Gasteiger partial charge in [-0.1, -0.05) is 19.3 Å². The number of benzene rings is 1. The zero-order valence-electron chi connectivity index (χ0n) is 17.2. The molecule has 29 heavy (non-hydrogen) atoms. The van der Waals surface area contributed by atoms with E-state index in [9.17, 15) is 4.79 Å². The summed E-state index contributed by atoms with van der Waals surface area (Å²) in [6.07, 6.45) is 5.82. The summed E-state index contributed by atoms with van der Waals surface area (Å²) in [5.41, 5.74) is 1.87. The monoisotopic (exact) mass is 394 g/mol. The third-order valence-electron chi connectivity index (χ3n) is 5.98. The second-order valence-corrected chi connectivity index (χ2v) is 7.88. The Morgan fingerprint density at radius 1 is 0.966 bits per heavy atom. The van der Waals surface area contributed by atoms with E-state index >= 15 is 0 Å². The molecule has 2 fully saturated rings. The zero-order chi connectivity index (χ0) is 20.1. The summed E-state index contributed by atoms with van der Waals surface area (Å²) in [6.45, 7) is 5.82. The maximum atomic E-state index is 12.7. The predicted octanol–water partition coefficient (Wildman–Crippen LogP) is 3.77. The SMILES string of the molecule is CCOc1ccc(-c2ccc(N3CCN(C(=O)C4CCCCC4)CC3)nn2)cc1. The fourth-order valence-corrected chi connectivity index (χ4v) is 4.30. The van der Waals surface area contributed by atoms with Gasteiger partial charge >= 0.3 is 0 Å². The van der Waals surface area contributed by atoms with Gasteiger partial charge in [-0.3, -0.25) is 4.79 Å². The molecule has 2 aliphatic rings. The van der Waals surface area contributed by atoms with E-state index in [2.05, 4.69) is 15.1 Å². The summed E-state index contributed by atoms with van der Waals surface area (Å²) < 4.78 is 5.49. The van der Waals surface area contributed by atoms with E-state index < -0.39 is 0 Å². The summed E-state index contributed by atoms with van der Waals surface area (Å²) >= 11 is 0. The number of ether oxygens (including phenoxy) is 1. The average molecular weight is 395 g/mol. The first-order valence-corrected chi connectivity index (χ1v) is 10.9. The van der Waals surface area contributed by atoms with Gasteiger partial charge in [0.05, 0.1) is 12.3 Å². The predicted molar refractivity (Wildman–Crippen MR) is 114 cm³/mol. The molecule has 154 valence electrons. The lowest BCUT2D eigenvalue weighted by Crippen LogP contribution is -2.50. The van der Waals surface area contributed by atoms with Gasteiger partial charge in [-0.05, 0) is 56.2 Å². The summed E-state index contributed by atoms with van der Waals surface area (Å²) in [6, 6.07) is 12.0. The van der Waals surface area contributed by atoms with Crippen LogP contribution in [-0.4, -0.2) is 53.8 Å². The molecule has 1 saturated heterocycles. The molecule has 6 nitrogen and oxygen atoms in total. The highest BCUT2D eigenvalue weighted by atomic mass is 16.5. The Bertz CT molecular complexity index is 793. The minimum atomic E-state index is 0.253. The minimum absolute atomic E-state index is 0.253. The fourth-order valence-electron chi connectivity index (χ4n) is 4.30. The third-order valence-corrected chi connectivity index (χ3v) is 5.98. The highest BCUT2D eigenvalue weighted by molar-refractivity contribution is 5.79. The zero-order valence-corrected chi connectivity index (χ0v) is 17.2. The van der Waals surface area contributed by atoms with E-state index in [1.807, 2.05) is 48.2 Å². The van der Waals surface area contributed by atoms with Crippen LogP contribution >= 0.6 is 0 Å². The van der Waals surface area contributed by atoms with Crippen LogP contribution in [0.4, 0.5) is 5.82 Å². The lowest BCUT2D eigenvalue weighted by Gasteiger charge is -2.37. The van der Waals surface area contributed by atoms with Crippen molar-refractivity contribution in [3.8, 4) is 17.0 Å². The second kappa shape index (κ2) is 9.25. The molecule has 0 spiro atoms. The number of aromatic nitrogens is 2. The van der Waals surface area contributed by atoms with Gasteiger partial charge in [0.1, 0.15) is 5.75 Å². The van der Waals surface area contributed by atoms with E-state index in [-0.39, 0.29) is 5.92 Å². The number of rotatable bonds is 5. The molecular weight excluding hydrogens is 364 g/mol. The van der Waals surface area contributed by atoms with Crippen LogP contribution in [0.2, 0.25) is 0 Å². The van der Waals surface area contributed by atoms with Gasteiger partial charge < -0.3 is 14.5 Å². The Balaban J connectivity index is 1.33. The summed E-state index contributed by atoms with van der Waals surface area (Å²) in [5.74, 6) is 2.36. The Kier molecular flexibility index (Phi) is 6.27. The number of carbonyl (C=O) groups excluding carboxylic acids is 1. The molecule has 1 aromatic carbocycles. The molecule has 0 N–H and O–H groups in total. The average Bonchev–Trinajstić information content (AvgIpc) is 2.80. The van der Waals surface area contributed by atoms with Crippen LogP contribution in [0.1, 0.15) is 39.0 Å². The lowest BCUT2D eigenvalue weighted by atomic mass is 9.88. The lowest BCUT2D eigenvalue weighted by molar-refractivity contribution is -0.136. The first kappa shape index (κ1) is 19.7. The molecule has 4 rings (SSSR count). The van der Waals surface area contributed by atoms with E-state index in [0.29, 0.717) is 12.5 Å². The van der Waals surface area contributed by atoms with Crippen molar-refractivity contribution in [2.45, 2.75) is 39.0 Å². The molecular formula is C23H30N4O2. The van der Waals surface area contributed by atoms with Crippen LogP contribution in [0.5, 0.6) is 5.75 Å². The molecule has 2 heterocycles. The van der Waals surface area contributed by atoms with Crippen LogP contribution in [0.3, 0.4) is 0 Å². The van der Waals surface area contributed by atoms with E-state index in [1.54, 1.807) is 0 Å². The van der Waals surface area contributed by atoms with Crippen molar-refractivity contribution in [1.82, 2.24) is 15.1 Å². The number of nitrogens with zero attached hydrogens (tertiary/aromatic N) is 4. The van der Waals surface area contributed by atoms with Gasteiger partial charge in [0.25, 0.3) is 0 Å². The maximum absolute atomic E-state index is 12.7. The van der Waals surface area contributed by atoms with Crippen LogP contribution in [0, 0.1) is 5.92 Å². The van der Waals surface area contributed by atoms with Gasteiger partial charge in [0.15, 0.2) is 5.82 Å². The van der Waals surface area contributed by atoms with Crippen molar-refractivity contribution in [3.05, 3.63) is 36.4 Å². The van der Waals surface area contributed by atoms with E-state index in [1.165, 1.54) is 19.3 Å². The van der Waals surface area contributed by atoms with Crippen molar-refractivity contribution < 1.29 is 9.53 Å². The van der Waals surface area contributed by atoms with E-state index in [0.717, 1.165) is 61.8 Å². The summed E-state index contributed by atoms with van der Waals surface area (Å²) in [7, 11) is 0. The minimum Gasteiger partial charge on any atom is -0.494 e. The van der Waals surface area contributed by atoms with Crippen molar-refractivity contribution in [1.29, 1.82) is 0 Å². The topological polar surface area (TPSA) is 58.6 Å². The van der Waals surface area contributed by atoms with Gasteiger partial charge in [0.2, 0.25) is 5.91 Å². The van der Waals surface area contributed by atoms with Crippen LogP contribution in [0.25, 0.3) is 11.3 Å². The Hall–Kier alpha value is -2.63. The molecule has 0 unspecified atom stereocenters. The van der Waals surface area contributed by atoms with Crippen molar-refractivity contribution in [2.75, 3.05) is 37.7 Å². The number of hydrogen-bond donors (Lipinski definition) is 0. The van der Waals surface area contributed by atoms with Crippen LogP contribution in [-0.2, 0) is 4.79 Å². The van der Waals surface area contributed by atoms with E-state index in [4.69, 9.17) is 4.74 Å². The molecule has 0 atom stereocenters. The molecule has 0 radical (unpaired) electrons. The molecule has 1 amide bonds. The normalized spacial score (nSPS) is 18.0. The smallest absolute Gasteiger partial charge is 0.225 e.